The van der Waals surface area contributed by atoms with Crippen LogP contribution in [0.25, 0.3) is 0 Å². The Morgan fingerprint density at radius 2 is 1.76 bits per heavy atom. The van der Waals surface area contributed by atoms with Crippen LogP contribution in [0.2, 0.25) is 0 Å². The number of nitrogens with zero attached hydrogens (tertiary/aromatic N) is 3. The van der Waals surface area contributed by atoms with E-state index in [9.17, 15) is 10.1 Å². The number of rotatable bonds is 3. The van der Waals surface area contributed by atoms with Gasteiger partial charge in [-0.15, -0.1) is 0 Å². The molecule has 0 spiro atoms. The van der Waals surface area contributed by atoms with Gasteiger partial charge >= 0.3 is 0 Å². The summed E-state index contributed by atoms with van der Waals surface area (Å²) in [5.41, 5.74) is 3.54. The maximum Gasteiger partial charge on any atom is 0.269 e. The monoisotopic (exact) mass is 279 g/mol. The summed E-state index contributed by atoms with van der Waals surface area (Å²) in [7, 11) is 0. The Morgan fingerprint density at radius 1 is 1.05 bits per heavy atom. The summed E-state index contributed by atoms with van der Waals surface area (Å²) < 4.78 is 0. The molecule has 4 rings (SSSR count). The zero-order valence-electron chi connectivity index (χ0n) is 11.2. The van der Waals surface area contributed by atoms with Crippen LogP contribution in [0.3, 0.4) is 0 Å². The highest BCUT2D eigenvalue weighted by atomic mass is 16.6. The molecule has 1 fully saturated rings. The van der Waals surface area contributed by atoms with Crippen LogP contribution in [0.15, 0.2) is 59.6 Å². The summed E-state index contributed by atoms with van der Waals surface area (Å²) in [6.07, 6.45) is 0. The lowest BCUT2D eigenvalue weighted by atomic mass is 10.0. The van der Waals surface area contributed by atoms with Crippen LogP contribution < -0.4 is 0 Å². The molecule has 0 bridgehead atoms. The number of hydrogen-bond donors (Lipinski definition) is 0. The topological polar surface area (TPSA) is 58.5 Å². The molecule has 0 aliphatic carbocycles. The van der Waals surface area contributed by atoms with Crippen molar-refractivity contribution in [3.8, 4) is 0 Å². The van der Waals surface area contributed by atoms with Gasteiger partial charge in [-0.25, -0.2) is 0 Å². The van der Waals surface area contributed by atoms with E-state index in [1.807, 2.05) is 30.3 Å². The predicted molar refractivity (Wildman–Crippen MR) is 79.3 cm³/mol. The fraction of sp³-hybridized carbons (Fsp3) is 0.188. The number of benzene rings is 2. The van der Waals surface area contributed by atoms with Gasteiger partial charge in [0.05, 0.1) is 29.4 Å². The van der Waals surface area contributed by atoms with Crippen LogP contribution in [0.4, 0.5) is 5.69 Å². The Bertz CT molecular complexity index is 725. The van der Waals surface area contributed by atoms with Crippen molar-refractivity contribution in [1.82, 2.24) is 4.90 Å². The summed E-state index contributed by atoms with van der Waals surface area (Å²) in [6, 6.07) is 17.7. The van der Waals surface area contributed by atoms with Crippen molar-refractivity contribution in [3.05, 3.63) is 75.8 Å². The molecule has 5 heteroatoms. The van der Waals surface area contributed by atoms with Crippen molar-refractivity contribution in [2.24, 2.45) is 4.99 Å². The maximum absolute atomic E-state index is 10.7. The van der Waals surface area contributed by atoms with Gasteiger partial charge in [-0.05, 0) is 11.1 Å². The highest BCUT2D eigenvalue weighted by Crippen LogP contribution is 2.48. The first-order chi connectivity index (χ1) is 10.3. The standard InChI is InChI=1S/C16H13N3O2/c20-19(21)13-8-6-12(7-9-13)15-16-14(17-10-18(15)16)11-4-2-1-3-5-11/h1-9,15-16H,10H2. The van der Waals surface area contributed by atoms with Gasteiger partial charge in [-0.2, -0.15) is 0 Å². The maximum atomic E-state index is 10.7. The van der Waals surface area contributed by atoms with Crippen LogP contribution in [0, 0.1) is 10.1 Å². The number of nitro groups is 1. The van der Waals surface area contributed by atoms with E-state index >= 15 is 0 Å². The van der Waals surface area contributed by atoms with Crippen molar-refractivity contribution in [1.29, 1.82) is 0 Å². The first kappa shape index (κ1) is 12.2. The van der Waals surface area contributed by atoms with Crippen molar-refractivity contribution in [2.75, 3.05) is 6.67 Å². The third kappa shape index (κ3) is 1.94. The van der Waals surface area contributed by atoms with E-state index in [1.54, 1.807) is 12.1 Å². The van der Waals surface area contributed by atoms with Gasteiger partial charge in [0.25, 0.3) is 5.69 Å². The molecule has 3 atom stereocenters. The molecule has 2 aliphatic rings. The first-order valence-electron chi connectivity index (χ1n) is 6.85. The number of non-ortho nitro benzene ring substituents is 1. The van der Waals surface area contributed by atoms with E-state index in [-0.39, 0.29) is 10.6 Å². The quantitative estimate of drug-likeness (QED) is 0.493. The number of fused-ring (bicyclic) bond motifs is 1. The smallest absolute Gasteiger partial charge is 0.269 e. The third-order valence-corrected chi connectivity index (χ3v) is 4.12. The molecule has 0 aromatic heterocycles. The first-order valence-corrected chi connectivity index (χ1v) is 6.85. The second-order valence-electron chi connectivity index (χ2n) is 5.30. The van der Waals surface area contributed by atoms with Gasteiger partial charge in [0.2, 0.25) is 0 Å². The Hall–Kier alpha value is -2.53. The van der Waals surface area contributed by atoms with Gasteiger partial charge in [-0.1, -0.05) is 42.5 Å². The Balaban J connectivity index is 1.58. The molecule has 2 aliphatic heterocycles. The molecule has 5 nitrogen and oxygen atoms in total. The molecule has 0 amide bonds. The average Bonchev–Trinajstić information content (AvgIpc) is 3.07. The largest absolute Gasteiger partial charge is 0.272 e. The zero-order chi connectivity index (χ0) is 14.4. The van der Waals surface area contributed by atoms with Crippen LogP contribution in [-0.2, 0) is 0 Å². The van der Waals surface area contributed by atoms with E-state index in [0.29, 0.717) is 18.8 Å². The number of nitro benzene ring substituents is 1. The Morgan fingerprint density at radius 3 is 2.43 bits per heavy atom. The molecule has 104 valence electrons. The second-order valence-corrected chi connectivity index (χ2v) is 5.30. The van der Waals surface area contributed by atoms with Crippen LogP contribution in [-0.4, -0.2) is 28.2 Å². The summed E-state index contributed by atoms with van der Waals surface area (Å²) >= 11 is 0. The van der Waals surface area contributed by atoms with Gasteiger partial charge in [0.1, 0.15) is 0 Å². The fourth-order valence-corrected chi connectivity index (χ4v) is 3.05. The van der Waals surface area contributed by atoms with Gasteiger partial charge < -0.3 is 0 Å². The molecule has 2 heterocycles. The molecular formula is C16H13N3O2. The lowest BCUT2D eigenvalue weighted by Crippen LogP contribution is -2.08. The molecule has 0 saturated carbocycles. The second kappa shape index (κ2) is 4.49. The summed E-state index contributed by atoms with van der Waals surface area (Å²) in [4.78, 5) is 17.2. The molecular weight excluding hydrogens is 266 g/mol. The molecule has 3 unspecified atom stereocenters. The van der Waals surface area contributed by atoms with Gasteiger partial charge in [0, 0.05) is 12.1 Å². The van der Waals surface area contributed by atoms with E-state index < -0.39 is 0 Å². The molecule has 2 aromatic rings. The highest BCUT2D eigenvalue weighted by molar-refractivity contribution is 6.08. The summed E-state index contributed by atoms with van der Waals surface area (Å²) in [5, 5.41) is 10.7. The summed E-state index contributed by atoms with van der Waals surface area (Å²) in [5.74, 6) is 0. The summed E-state index contributed by atoms with van der Waals surface area (Å²) in [6.45, 7) is 0.705. The normalized spacial score (nSPS) is 26.1. The molecule has 2 aromatic carbocycles. The Kier molecular flexibility index (Phi) is 2.62. The van der Waals surface area contributed by atoms with Gasteiger partial charge in [-0.3, -0.25) is 20.0 Å². The average molecular weight is 279 g/mol. The van der Waals surface area contributed by atoms with E-state index in [2.05, 4.69) is 22.0 Å². The fourth-order valence-electron chi connectivity index (χ4n) is 3.05. The SMILES string of the molecule is O=[N+]([O-])c1ccc(C2C3C(c4ccccc4)=NCN32)cc1. The lowest BCUT2D eigenvalue weighted by Gasteiger charge is -2.04. The third-order valence-electron chi connectivity index (χ3n) is 4.12. The minimum Gasteiger partial charge on any atom is -0.272 e. The predicted octanol–water partition coefficient (Wildman–Crippen LogP) is 2.78. The van der Waals surface area contributed by atoms with Crippen LogP contribution in [0.1, 0.15) is 17.2 Å². The lowest BCUT2D eigenvalue weighted by molar-refractivity contribution is -0.384. The number of hydrogen-bond acceptors (Lipinski definition) is 4. The van der Waals surface area contributed by atoms with E-state index in [4.69, 9.17) is 0 Å². The van der Waals surface area contributed by atoms with Crippen LogP contribution >= 0.6 is 0 Å². The van der Waals surface area contributed by atoms with E-state index in [0.717, 1.165) is 16.8 Å². The molecule has 1 saturated heterocycles. The number of aliphatic imine (C=N–C) groups is 1. The molecule has 0 N–H and O–H groups in total. The van der Waals surface area contributed by atoms with Crippen LogP contribution in [0.5, 0.6) is 0 Å². The van der Waals surface area contributed by atoms with Gasteiger partial charge in [0.15, 0.2) is 0 Å². The zero-order valence-corrected chi connectivity index (χ0v) is 11.2. The van der Waals surface area contributed by atoms with Crippen molar-refractivity contribution in [2.45, 2.75) is 12.1 Å². The molecule has 0 radical (unpaired) electrons. The van der Waals surface area contributed by atoms with E-state index in [1.165, 1.54) is 0 Å². The van der Waals surface area contributed by atoms with Crippen molar-refractivity contribution in [3.63, 3.8) is 0 Å². The Labute approximate surface area is 121 Å². The minimum atomic E-state index is -0.366. The minimum absolute atomic E-state index is 0.136. The highest BCUT2D eigenvalue weighted by Gasteiger charge is 2.54. The van der Waals surface area contributed by atoms with Crippen molar-refractivity contribution < 1.29 is 4.92 Å². The van der Waals surface area contributed by atoms with Crippen molar-refractivity contribution >= 4 is 11.4 Å². The molecule has 21 heavy (non-hydrogen) atoms.